The average molecular weight is 414 g/mol. The number of rotatable bonds is 9. The van der Waals surface area contributed by atoms with Crippen molar-refractivity contribution in [3.05, 3.63) is 83.1 Å². The molecule has 0 radical (unpaired) electrons. The molecule has 2 aromatic carbocycles. The molecule has 0 aromatic heterocycles. The molecule has 0 aliphatic rings. The molecule has 5 heteroatoms. The van der Waals surface area contributed by atoms with Crippen molar-refractivity contribution in [2.24, 2.45) is 0 Å². The fraction of sp³-hybridized carbons (Fsp3) is 0.333. The lowest BCUT2D eigenvalue weighted by Crippen LogP contribution is -2.33. The van der Waals surface area contributed by atoms with E-state index in [-0.39, 0.29) is 0 Å². The Hall–Kier alpha value is -2.53. The van der Waals surface area contributed by atoms with E-state index < -0.39 is 10.0 Å². The van der Waals surface area contributed by atoms with Crippen molar-refractivity contribution in [1.82, 2.24) is 4.31 Å². The normalized spacial score (nSPS) is 11.1. The summed E-state index contributed by atoms with van der Waals surface area (Å²) in [6.45, 7) is 12.1. The van der Waals surface area contributed by atoms with Crippen LogP contribution >= 0.6 is 0 Å². The van der Waals surface area contributed by atoms with E-state index >= 15 is 0 Å². The van der Waals surface area contributed by atoms with Gasteiger partial charge in [-0.1, -0.05) is 41.0 Å². The van der Waals surface area contributed by atoms with Crippen molar-refractivity contribution in [2.75, 3.05) is 13.7 Å². The monoisotopic (exact) mass is 413 g/mol. The molecule has 0 unspecified atom stereocenters. The topological polar surface area (TPSA) is 46.6 Å². The molecule has 0 aliphatic carbocycles. The van der Waals surface area contributed by atoms with Crippen LogP contribution in [0.25, 0.3) is 0 Å². The molecule has 0 saturated heterocycles. The minimum Gasteiger partial charge on any atom is -0.497 e. The van der Waals surface area contributed by atoms with Gasteiger partial charge >= 0.3 is 0 Å². The van der Waals surface area contributed by atoms with Gasteiger partial charge < -0.3 is 4.74 Å². The van der Waals surface area contributed by atoms with Gasteiger partial charge in [0.15, 0.2) is 0 Å². The van der Waals surface area contributed by atoms with Gasteiger partial charge in [-0.25, -0.2) is 8.42 Å². The van der Waals surface area contributed by atoms with Gasteiger partial charge in [-0.15, -0.1) is 6.58 Å². The average Bonchev–Trinajstić information content (AvgIpc) is 2.67. The van der Waals surface area contributed by atoms with Crippen LogP contribution in [0.4, 0.5) is 0 Å². The highest BCUT2D eigenvalue weighted by Gasteiger charge is 2.27. The zero-order chi connectivity index (χ0) is 21.6. The van der Waals surface area contributed by atoms with Crippen LogP contribution in [-0.2, 0) is 16.4 Å². The summed E-state index contributed by atoms with van der Waals surface area (Å²) in [7, 11) is -2.05. The lowest BCUT2D eigenvalue weighted by molar-refractivity contribution is 0.414. The standard InChI is InChI=1S/C24H31NO3S/c1-18(2)15-16-25(29(26,27)23-13-7-20(5)8-14-23)24(19(3)4)17-21-9-11-22(28-6)12-10-21/h7-14H,1,15-17H2,2-6H3. The molecule has 0 heterocycles. The summed E-state index contributed by atoms with van der Waals surface area (Å²) in [5, 5.41) is 0. The van der Waals surface area contributed by atoms with E-state index in [1.807, 2.05) is 64.1 Å². The van der Waals surface area contributed by atoms with E-state index in [1.165, 1.54) is 0 Å². The smallest absolute Gasteiger partial charge is 0.264 e. The Bertz CT molecular complexity index is 968. The number of nitrogens with zero attached hydrogens (tertiary/aromatic N) is 1. The van der Waals surface area contributed by atoms with Gasteiger partial charge in [0.1, 0.15) is 5.75 Å². The van der Waals surface area contributed by atoms with Crippen LogP contribution in [-0.4, -0.2) is 26.4 Å². The second-order valence-electron chi connectivity index (χ2n) is 7.57. The maximum Gasteiger partial charge on any atom is 0.264 e. The number of hydrogen-bond donors (Lipinski definition) is 0. The molecule has 4 nitrogen and oxygen atoms in total. The van der Waals surface area contributed by atoms with Crippen molar-refractivity contribution in [3.63, 3.8) is 0 Å². The van der Waals surface area contributed by atoms with Crippen molar-refractivity contribution >= 4 is 10.0 Å². The fourth-order valence-corrected chi connectivity index (χ4v) is 4.58. The minimum atomic E-state index is -3.68. The van der Waals surface area contributed by atoms with E-state index in [4.69, 9.17) is 4.74 Å². The number of aryl methyl sites for hydroxylation is 1. The quantitative estimate of drug-likeness (QED) is 0.510. The maximum atomic E-state index is 13.5. The number of sulfonamides is 1. The number of methoxy groups -OCH3 is 1. The molecular weight excluding hydrogens is 382 g/mol. The first-order valence-corrected chi connectivity index (χ1v) is 11.1. The second-order valence-corrected chi connectivity index (χ2v) is 9.43. The van der Waals surface area contributed by atoms with Gasteiger partial charge in [-0.05, 0) is 63.9 Å². The van der Waals surface area contributed by atoms with Crippen LogP contribution < -0.4 is 4.74 Å². The highest BCUT2D eigenvalue weighted by molar-refractivity contribution is 7.89. The van der Waals surface area contributed by atoms with E-state index in [1.54, 1.807) is 23.5 Å². The third kappa shape index (κ3) is 5.97. The van der Waals surface area contributed by atoms with Gasteiger partial charge in [0.2, 0.25) is 0 Å². The summed E-state index contributed by atoms with van der Waals surface area (Å²) >= 11 is 0. The van der Waals surface area contributed by atoms with Crippen LogP contribution in [0, 0.1) is 6.92 Å². The molecule has 29 heavy (non-hydrogen) atoms. The first-order valence-electron chi connectivity index (χ1n) is 9.68. The lowest BCUT2D eigenvalue weighted by Gasteiger charge is -2.29. The predicted molar refractivity (Wildman–Crippen MR) is 120 cm³/mol. The van der Waals surface area contributed by atoms with E-state index in [2.05, 4.69) is 6.58 Å². The molecule has 2 aromatic rings. The molecule has 156 valence electrons. The Morgan fingerprint density at radius 1 is 1.00 bits per heavy atom. The SMILES string of the molecule is C=C(C)CCN(C(Cc1ccc(OC)cc1)=C(C)C)S(=O)(=O)c1ccc(C)cc1. The van der Waals surface area contributed by atoms with E-state index in [0.717, 1.165) is 33.7 Å². The van der Waals surface area contributed by atoms with Crippen molar-refractivity contribution in [1.29, 1.82) is 0 Å². The third-order valence-electron chi connectivity index (χ3n) is 4.76. The predicted octanol–water partition coefficient (Wildman–Crippen LogP) is 5.50. The van der Waals surface area contributed by atoms with Gasteiger partial charge in [-0.3, -0.25) is 4.31 Å². The summed E-state index contributed by atoms with van der Waals surface area (Å²) in [6, 6.07) is 14.7. The molecule has 0 aliphatic heterocycles. The Morgan fingerprint density at radius 3 is 2.07 bits per heavy atom. The molecule has 0 bridgehead atoms. The Kier molecular flexibility index (Phi) is 7.68. The summed E-state index contributed by atoms with van der Waals surface area (Å²) in [4.78, 5) is 0.304. The molecule has 0 saturated carbocycles. The highest BCUT2D eigenvalue weighted by Crippen LogP contribution is 2.27. The van der Waals surface area contributed by atoms with Crippen LogP contribution in [0.2, 0.25) is 0 Å². The van der Waals surface area contributed by atoms with E-state index in [9.17, 15) is 8.42 Å². The molecule has 0 amide bonds. The second kappa shape index (κ2) is 9.79. The zero-order valence-corrected chi connectivity index (χ0v) is 18.8. The Morgan fingerprint density at radius 2 is 1.59 bits per heavy atom. The summed E-state index contributed by atoms with van der Waals surface area (Å²) in [5.74, 6) is 0.777. The van der Waals surface area contributed by atoms with Crippen molar-refractivity contribution in [3.8, 4) is 5.75 Å². The van der Waals surface area contributed by atoms with Crippen LogP contribution in [0.5, 0.6) is 5.75 Å². The van der Waals surface area contributed by atoms with Gasteiger partial charge in [0, 0.05) is 18.7 Å². The number of allylic oxidation sites excluding steroid dienone is 2. The lowest BCUT2D eigenvalue weighted by atomic mass is 10.1. The fourth-order valence-electron chi connectivity index (χ4n) is 2.98. The molecule has 2 rings (SSSR count). The summed E-state index contributed by atoms with van der Waals surface area (Å²) < 4.78 is 33.8. The van der Waals surface area contributed by atoms with Crippen molar-refractivity contribution < 1.29 is 13.2 Å². The highest BCUT2D eigenvalue weighted by atomic mass is 32.2. The molecule has 0 N–H and O–H groups in total. The van der Waals surface area contributed by atoms with Gasteiger partial charge in [-0.2, -0.15) is 0 Å². The van der Waals surface area contributed by atoms with Crippen LogP contribution in [0.3, 0.4) is 0 Å². The first kappa shape index (κ1) is 22.8. The number of ether oxygens (including phenoxy) is 1. The Balaban J connectivity index is 2.47. The molecule has 0 spiro atoms. The van der Waals surface area contributed by atoms with Gasteiger partial charge in [0.05, 0.1) is 12.0 Å². The molecule has 0 fully saturated rings. The van der Waals surface area contributed by atoms with Gasteiger partial charge in [0.25, 0.3) is 10.0 Å². The largest absolute Gasteiger partial charge is 0.497 e. The Labute approximate surface area is 175 Å². The summed E-state index contributed by atoms with van der Waals surface area (Å²) in [5.41, 5.74) is 4.77. The summed E-state index contributed by atoms with van der Waals surface area (Å²) in [6.07, 6.45) is 1.12. The maximum absolute atomic E-state index is 13.5. The molecule has 0 atom stereocenters. The number of benzene rings is 2. The van der Waals surface area contributed by atoms with Crippen LogP contribution in [0.15, 0.2) is 76.8 Å². The minimum absolute atomic E-state index is 0.304. The van der Waals surface area contributed by atoms with Crippen LogP contribution in [0.1, 0.15) is 38.3 Å². The zero-order valence-electron chi connectivity index (χ0n) is 18.0. The first-order chi connectivity index (χ1) is 13.6. The van der Waals surface area contributed by atoms with E-state index in [0.29, 0.717) is 24.3 Å². The third-order valence-corrected chi connectivity index (χ3v) is 6.61. The van der Waals surface area contributed by atoms with Crippen molar-refractivity contribution in [2.45, 2.75) is 45.4 Å². The number of hydrogen-bond acceptors (Lipinski definition) is 3. The molecular formula is C24H31NO3S.